The minimum absolute atomic E-state index is 0.126. The number of aromatic nitrogens is 4. The molecule has 0 bridgehead atoms. The Kier molecular flexibility index (Phi) is 5.55. The molecule has 2 heterocycles. The molecule has 160 valence electrons. The molecule has 0 aliphatic rings. The van der Waals surface area contributed by atoms with Crippen LogP contribution in [0.3, 0.4) is 0 Å². The minimum atomic E-state index is -3.05. The van der Waals surface area contributed by atoms with Gasteiger partial charge < -0.3 is 15.8 Å². The zero-order valence-corrected chi connectivity index (χ0v) is 17.0. The molecule has 0 fully saturated rings. The standard InChI is InChI=1S/C20H17ClF2N6O2/c1-2-13(16(24)30)25-20-26-14-6-4-3-5-11(14)18-27-17(28-29(18)20)12-8-7-10(21)9-15(12)31-19(22)23/h3-9,13,19H,2H2,1H3,(H2,24,30)(H,25,26)/t13-/m1/s1. The Morgan fingerprint density at radius 3 is 2.74 bits per heavy atom. The second-order valence-electron chi connectivity index (χ2n) is 6.65. The SMILES string of the molecule is CC[C@@H](Nc1nc2ccccc2c2nc(-c3ccc(Cl)cc3OC(F)F)nn12)C(N)=O. The Labute approximate surface area is 180 Å². The van der Waals surface area contributed by atoms with Crippen LogP contribution in [0, 0.1) is 0 Å². The van der Waals surface area contributed by atoms with Gasteiger partial charge in [-0.05, 0) is 36.8 Å². The van der Waals surface area contributed by atoms with Gasteiger partial charge in [0.15, 0.2) is 11.5 Å². The first-order valence-electron chi connectivity index (χ1n) is 9.33. The summed E-state index contributed by atoms with van der Waals surface area (Å²) in [5, 5.41) is 8.34. The molecule has 0 saturated carbocycles. The zero-order chi connectivity index (χ0) is 22.1. The van der Waals surface area contributed by atoms with Crippen LogP contribution in [0.5, 0.6) is 5.75 Å². The summed E-state index contributed by atoms with van der Waals surface area (Å²) in [6, 6.07) is 10.8. The van der Waals surface area contributed by atoms with E-state index in [0.717, 1.165) is 0 Å². The Bertz CT molecular complexity index is 1280. The number of alkyl halides is 2. The molecule has 1 atom stereocenters. The zero-order valence-electron chi connectivity index (χ0n) is 16.2. The average Bonchev–Trinajstić information content (AvgIpc) is 3.17. The van der Waals surface area contributed by atoms with Crippen LogP contribution in [0.4, 0.5) is 14.7 Å². The number of rotatable bonds is 7. The molecule has 8 nitrogen and oxygen atoms in total. The molecular weight excluding hydrogens is 430 g/mol. The number of halogens is 3. The number of anilines is 1. The van der Waals surface area contributed by atoms with Gasteiger partial charge in [0.2, 0.25) is 11.9 Å². The highest BCUT2D eigenvalue weighted by atomic mass is 35.5. The fourth-order valence-corrected chi connectivity index (χ4v) is 3.33. The summed E-state index contributed by atoms with van der Waals surface area (Å²) in [5.74, 6) is -0.339. The van der Waals surface area contributed by atoms with Crippen molar-refractivity contribution >= 4 is 40.0 Å². The number of primary amides is 1. The minimum Gasteiger partial charge on any atom is -0.434 e. The molecule has 0 saturated heterocycles. The fourth-order valence-electron chi connectivity index (χ4n) is 3.17. The highest BCUT2D eigenvalue weighted by Gasteiger charge is 2.21. The maximum Gasteiger partial charge on any atom is 0.387 e. The van der Waals surface area contributed by atoms with Crippen molar-refractivity contribution in [2.24, 2.45) is 5.73 Å². The van der Waals surface area contributed by atoms with Gasteiger partial charge in [0.05, 0.1) is 11.1 Å². The van der Waals surface area contributed by atoms with Crippen molar-refractivity contribution in [3.05, 3.63) is 47.5 Å². The maximum atomic E-state index is 12.9. The van der Waals surface area contributed by atoms with Gasteiger partial charge in [-0.2, -0.15) is 13.3 Å². The number of carbonyl (C=O) groups excluding carboxylic acids is 1. The molecule has 0 unspecified atom stereocenters. The van der Waals surface area contributed by atoms with Gasteiger partial charge in [-0.1, -0.05) is 30.7 Å². The van der Waals surface area contributed by atoms with E-state index in [9.17, 15) is 13.6 Å². The molecular formula is C20H17ClF2N6O2. The molecule has 3 N–H and O–H groups in total. The summed E-state index contributed by atoms with van der Waals surface area (Å²) in [6.45, 7) is -1.25. The Balaban J connectivity index is 1.93. The Morgan fingerprint density at radius 2 is 2.03 bits per heavy atom. The largest absolute Gasteiger partial charge is 0.434 e. The number of nitrogens with two attached hydrogens (primary N) is 1. The Morgan fingerprint density at radius 1 is 1.26 bits per heavy atom. The predicted octanol–water partition coefficient (Wildman–Crippen LogP) is 3.88. The van der Waals surface area contributed by atoms with Gasteiger partial charge in [-0.25, -0.2) is 9.97 Å². The lowest BCUT2D eigenvalue weighted by Crippen LogP contribution is -2.35. The monoisotopic (exact) mass is 446 g/mol. The highest BCUT2D eigenvalue weighted by molar-refractivity contribution is 6.30. The highest BCUT2D eigenvalue weighted by Crippen LogP contribution is 2.33. The number of nitrogens with zero attached hydrogens (tertiary/aromatic N) is 4. The van der Waals surface area contributed by atoms with E-state index >= 15 is 0 Å². The number of benzene rings is 2. The van der Waals surface area contributed by atoms with Crippen molar-refractivity contribution in [3.8, 4) is 17.1 Å². The van der Waals surface area contributed by atoms with Crippen LogP contribution in [-0.4, -0.2) is 38.1 Å². The van der Waals surface area contributed by atoms with Crippen LogP contribution in [0.1, 0.15) is 13.3 Å². The molecule has 0 spiro atoms. The van der Waals surface area contributed by atoms with Gasteiger partial charge in [0.25, 0.3) is 0 Å². The number of ether oxygens (including phenoxy) is 1. The number of fused-ring (bicyclic) bond motifs is 3. The summed E-state index contributed by atoms with van der Waals surface area (Å²) in [6.07, 6.45) is 0.427. The molecule has 0 radical (unpaired) electrons. The average molecular weight is 447 g/mol. The van der Waals surface area contributed by atoms with E-state index < -0.39 is 18.6 Å². The van der Waals surface area contributed by atoms with E-state index in [4.69, 9.17) is 17.3 Å². The van der Waals surface area contributed by atoms with Crippen molar-refractivity contribution in [2.45, 2.75) is 26.0 Å². The molecule has 0 aliphatic heterocycles. The van der Waals surface area contributed by atoms with E-state index in [1.165, 1.54) is 22.7 Å². The van der Waals surface area contributed by atoms with Crippen molar-refractivity contribution in [1.29, 1.82) is 0 Å². The lowest BCUT2D eigenvalue weighted by molar-refractivity contribution is -0.118. The van der Waals surface area contributed by atoms with Gasteiger partial charge in [-0.3, -0.25) is 4.79 Å². The lowest BCUT2D eigenvalue weighted by Gasteiger charge is -2.15. The molecule has 1 amide bonds. The maximum absolute atomic E-state index is 12.9. The van der Waals surface area contributed by atoms with Crippen LogP contribution >= 0.6 is 11.6 Å². The molecule has 11 heteroatoms. The number of amides is 1. The van der Waals surface area contributed by atoms with E-state index in [2.05, 4.69) is 25.1 Å². The van der Waals surface area contributed by atoms with Crippen LogP contribution < -0.4 is 15.8 Å². The van der Waals surface area contributed by atoms with Crippen molar-refractivity contribution in [1.82, 2.24) is 19.6 Å². The first-order chi connectivity index (χ1) is 14.9. The first kappa shape index (κ1) is 20.7. The lowest BCUT2D eigenvalue weighted by atomic mass is 10.2. The van der Waals surface area contributed by atoms with Gasteiger partial charge >= 0.3 is 6.61 Å². The summed E-state index contributed by atoms with van der Waals surface area (Å²) >= 11 is 5.94. The summed E-state index contributed by atoms with van der Waals surface area (Å²) in [4.78, 5) is 20.8. The molecule has 4 aromatic rings. The second kappa shape index (κ2) is 8.31. The van der Waals surface area contributed by atoms with Gasteiger partial charge in [0, 0.05) is 10.4 Å². The number of hydrogen-bond donors (Lipinski definition) is 2. The topological polar surface area (TPSA) is 107 Å². The van der Waals surface area contributed by atoms with Gasteiger partial charge in [-0.15, -0.1) is 5.10 Å². The third-order valence-electron chi connectivity index (χ3n) is 4.63. The fraction of sp³-hybridized carbons (Fsp3) is 0.200. The number of hydrogen-bond acceptors (Lipinski definition) is 6. The first-order valence-corrected chi connectivity index (χ1v) is 9.71. The van der Waals surface area contributed by atoms with E-state index in [-0.39, 0.29) is 28.1 Å². The van der Waals surface area contributed by atoms with Gasteiger partial charge in [0.1, 0.15) is 11.8 Å². The molecule has 4 rings (SSSR count). The quantitative estimate of drug-likeness (QED) is 0.446. The van der Waals surface area contributed by atoms with Crippen LogP contribution in [0.25, 0.3) is 27.9 Å². The van der Waals surface area contributed by atoms with Crippen molar-refractivity contribution < 1.29 is 18.3 Å². The van der Waals surface area contributed by atoms with E-state index in [1.807, 2.05) is 18.2 Å². The second-order valence-corrected chi connectivity index (χ2v) is 7.09. The molecule has 31 heavy (non-hydrogen) atoms. The number of nitrogens with one attached hydrogen (secondary N) is 1. The van der Waals surface area contributed by atoms with Crippen LogP contribution in [0.15, 0.2) is 42.5 Å². The normalized spacial score (nSPS) is 12.4. The van der Waals surface area contributed by atoms with Crippen molar-refractivity contribution in [2.75, 3.05) is 5.32 Å². The van der Waals surface area contributed by atoms with Crippen molar-refractivity contribution in [3.63, 3.8) is 0 Å². The van der Waals surface area contributed by atoms with E-state index in [0.29, 0.717) is 23.0 Å². The third-order valence-corrected chi connectivity index (χ3v) is 4.87. The summed E-state index contributed by atoms with van der Waals surface area (Å²) in [5.41, 5.74) is 6.71. The number of carbonyl (C=O) groups is 1. The number of para-hydroxylation sites is 1. The third kappa shape index (κ3) is 4.06. The predicted molar refractivity (Wildman–Crippen MR) is 112 cm³/mol. The summed E-state index contributed by atoms with van der Waals surface area (Å²) < 4.78 is 31.8. The smallest absolute Gasteiger partial charge is 0.387 e. The van der Waals surface area contributed by atoms with Crippen LogP contribution in [0.2, 0.25) is 5.02 Å². The molecule has 0 aliphatic carbocycles. The molecule has 2 aromatic heterocycles. The molecule has 2 aromatic carbocycles. The summed E-state index contributed by atoms with van der Waals surface area (Å²) in [7, 11) is 0. The van der Waals surface area contributed by atoms with E-state index in [1.54, 1.807) is 13.0 Å². The Hall–Kier alpha value is -3.53. The van der Waals surface area contributed by atoms with Crippen LogP contribution in [-0.2, 0) is 4.79 Å².